The van der Waals surface area contributed by atoms with Gasteiger partial charge >= 0.3 is 0 Å². The van der Waals surface area contributed by atoms with Crippen LogP contribution in [0, 0.1) is 11.8 Å². The number of nitrogens with one attached hydrogen (secondary N) is 1. The number of unbranched alkanes of at least 4 members (excludes halogenated alkanes) is 7. The number of hydroxylamine groups is 1. The number of hydrogen-bond donors (Lipinski definition) is 6. The lowest BCUT2D eigenvalue weighted by atomic mass is 9.82. The van der Waals surface area contributed by atoms with Gasteiger partial charge in [-0.25, -0.2) is 0 Å². The van der Waals surface area contributed by atoms with Gasteiger partial charge < -0.3 is 87.9 Å². The lowest BCUT2D eigenvalue weighted by molar-refractivity contribution is 0.0250. The van der Waals surface area contributed by atoms with Crippen LogP contribution in [0.3, 0.4) is 0 Å². The predicted octanol–water partition coefficient (Wildman–Crippen LogP) is 20.2. The van der Waals surface area contributed by atoms with Gasteiger partial charge in [0.1, 0.15) is 58.7 Å². The van der Waals surface area contributed by atoms with Crippen LogP contribution in [0.15, 0.2) is 213 Å². The van der Waals surface area contributed by atoms with Gasteiger partial charge in [-0.3, -0.25) is 9.59 Å². The standard InChI is InChI=1S/C15H21NO3.C15H23NO3.C15H21NO3.C15H22O3.C15H20O3.C12H17BrO2.C12H15BrO2/c1-2-3-8-18-14-6-4-12(5-7-14)15-11-17-9-13(15)10-19-16-15;1-2-3-8-19-14-6-4-12(5-7-14)15(16)11-18-10-13(15)9-17;1-3-5-11-19-14-8-6-13(7-9-14)15(16-17)12-18-10-4-2;2*1-3-5-11-18-14-8-6-13(7-9-14)15(16)12-17-10-4-2;2*1-2-3-8-15-11-6-4-10(5-7-11)12(14)9-13/h4-7,13,16H,2-3,8-11H2,1H3;4-7,13,17H,2-3,8-11,16H2,1H3;4,6-9,17H,2-3,5,10-12H2,1H3;4,6-9,15-16H,2-3,5,10-12H2,1H3;4,6-9H,2-3,5,10-12H2,1H3;4-7,12,14H,2-3,8-9H2,1H3;4-7H,2-3,8-9H2,1H3/b;;16-15+;;;;/t13?,15-;13-,15-;;;;;/m11...../s1. The maximum Gasteiger partial charge on any atom is 0.188 e. The van der Waals surface area contributed by atoms with Crippen molar-refractivity contribution in [1.82, 2.24) is 5.48 Å². The summed E-state index contributed by atoms with van der Waals surface area (Å²) in [5, 5.41) is 41.9. The van der Waals surface area contributed by atoms with E-state index in [-0.39, 0.29) is 49.5 Å². The van der Waals surface area contributed by atoms with Crippen LogP contribution >= 0.6 is 31.9 Å². The summed E-state index contributed by atoms with van der Waals surface area (Å²) < 4.78 is 65.6. The fraction of sp³-hybridized carbons (Fsp3) is 0.485. The zero-order valence-electron chi connectivity index (χ0n) is 73.8. The highest BCUT2D eigenvalue weighted by Crippen LogP contribution is 2.40. The number of halogens is 2. The molecular formula is C99H139Br2N3O19. The molecule has 7 aromatic carbocycles. The molecule has 0 bridgehead atoms. The van der Waals surface area contributed by atoms with Crippen LogP contribution < -0.4 is 44.4 Å². The van der Waals surface area contributed by atoms with E-state index in [0.29, 0.717) is 74.1 Å². The highest BCUT2D eigenvalue weighted by atomic mass is 79.9. The molecule has 6 atom stereocenters. The molecule has 0 saturated carbocycles. The fourth-order valence-electron chi connectivity index (χ4n) is 11.8. The van der Waals surface area contributed by atoms with Crippen LogP contribution in [0.25, 0.3) is 0 Å². The van der Waals surface area contributed by atoms with E-state index >= 15 is 0 Å². The second-order valence-electron chi connectivity index (χ2n) is 29.4. The van der Waals surface area contributed by atoms with Crippen molar-refractivity contribution in [3.05, 3.63) is 247 Å². The lowest BCUT2D eigenvalue weighted by Gasteiger charge is -2.28. The number of aliphatic hydroxyl groups excluding tert-OH is 3. The molecule has 22 nitrogen and oxygen atoms in total. The number of alkyl halides is 2. The molecule has 0 spiro atoms. The van der Waals surface area contributed by atoms with Crippen LogP contribution in [0.2, 0.25) is 0 Å². The van der Waals surface area contributed by atoms with Gasteiger partial charge in [-0.1, -0.05) is 197 Å². The van der Waals surface area contributed by atoms with Gasteiger partial charge in [0.15, 0.2) is 11.6 Å². The smallest absolute Gasteiger partial charge is 0.188 e. The third-order valence-electron chi connectivity index (χ3n) is 19.5. The zero-order chi connectivity index (χ0) is 89.4. The minimum atomic E-state index is -0.602. The second-order valence-corrected chi connectivity index (χ2v) is 30.6. The topological polar surface area (TPSA) is 285 Å². The van der Waals surface area contributed by atoms with Gasteiger partial charge in [0.25, 0.3) is 0 Å². The Labute approximate surface area is 749 Å². The van der Waals surface area contributed by atoms with Crippen LogP contribution in [-0.4, -0.2) is 174 Å². The van der Waals surface area contributed by atoms with E-state index in [2.05, 4.69) is 123 Å². The first-order chi connectivity index (χ1) is 60.0. The number of Topliss-reactive ketones (excluding diaryl/α,β-unsaturated/α-hetero) is 2. The Morgan fingerprint density at radius 1 is 0.463 bits per heavy atom. The van der Waals surface area contributed by atoms with Crippen molar-refractivity contribution in [3.63, 3.8) is 0 Å². The van der Waals surface area contributed by atoms with Gasteiger partial charge in [-0.2, -0.15) is 5.48 Å². The van der Waals surface area contributed by atoms with Gasteiger partial charge in [0.2, 0.25) is 0 Å². The molecule has 0 amide bonds. The largest absolute Gasteiger partial charge is 0.494 e. The molecule has 123 heavy (non-hydrogen) atoms. The summed E-state index contributed by atoms with van der Waals surface area (Å²) in [6, 6.07) is 53.1. The molecular weight excluding hydrogens is 1690 g/mol. The molecule has 0 radical (unpaired) electrons. The third-order valence-corrected chi connectivity index (χ3v) is 20.7. The Kier molecular flexibility index (Phi) is 57.6. The number of hydrogen-bond acceptors (Lipinski definition) is 22. The Balaban J connectivity index is 0.000000302. The van der Waals surface area contributed by atoms with Crippen LogP contribution in [0.4, 0.5) is 0 Å². The van der Waals surface area contributed by atoms with Crippen molar-refractivity contribution in [2.45, 2.75) is 162 Å². The van der Waals surface area contributed by atoms with Crippen LogP contribution in [-0.2, 0) is 39.6 Å². The van der Waals surface area contributed by atoms with E-state index in [1.807, 2.05) is 133 Å². The summed E-state index contributed by atoms with van der Waals surface area (Å²) in [6.45, 7) is 35.8. The number of fused-ring (bicyclic) bond motifs is 1. The quantitative estimate of drug-likeness (QED) is 0.00393. The highest BCUT2D eigenvalue weighted by molar-refractivity contribution is 9.09. The molecule has 3 fully saturated rings. The van der Waals surface area contributed by atoms with Crippen molar-refractivity contribution in [1.29, 1.82) is 0 Å². The van der Waals surface area contributed by atoms with E-state index in [9.17, 15) is 24.9 Å². The molecule has 0 aromatic heterocycles. The number of ketones is 2. The molecule has 3 aliphatic rings. The van der Waals surface area contributed by atoms with Crippen molar-refractivity contribution >= 4 is 49.1 Å². The van der Waals surface area contributed by atoms with Gasteiger partial charge in [-0.05, 0) is 189 Å². The maximum absolute atomic E-state index is 11.7. The van der Waals surface area contributed by atoms with Gasteiger partial charge in [0.05, 0.1) is 141 Å². The molecule has 0 aliphatic carbocycles. The minimum absolute atomic E-state index is 0.0306. The first kappa shape index (κ1) is 107. The lowest BCUT2D eigenvalue weighted by Crippen LogP contribution is -2.45. The summed E-state index contributed by atoms with van der Waals surface area (Å²) in [5.74, 6) is 6.37. The molecule has 3 unspecified atom stereocenters. The van der Waals surface area contributed by atoms with Gasteiger partial charge in [-0.15, -0.1) is 19.7 Å². The van der Waals surface area contributed by atoms with Crippen molar-refractivity contribution < 1.29 is 91.8 Å². The summed E-state index contributed by atoms with van der Waals surface area (Å²) in [6.07, 6.45) is 19.2. The first-order valence-corrected chi connectivity index (χ1v) is 45.6. The monoisotopic (exact) mass is 1830 g/mol. The van der Waals surface area contributed by atoms with Crippen LogP contribution in [0.1, 0.15) is 199 Å². The van der Waals surface area contributed by atoms with E-state index < -0.39 is 17.7 Å². The summed E-state index contributed by atoms with van der Waals surface area (Å²) in [4.78, 5) is 28.4. The second kappa shape index (κ2) is 66.2. The Morgan fingerprint density at radius 2 is 0.805 bits per heavy atom. The number of aliphatic hydroxyl groups is 3. The maximum atomic E-state index is 11.7. The highest BCUT2D eigenvalue weighted by Gasteiger charge is 2.50. The number of carbonyl (C=O) groups excluding carboxylic acids is 2. The summed E-state index contributed by atoms with van der Waals surface area (Å²) in [7, 11) is 0. The minimum Gasteiger partial charge on any atom is -0.494 e. The average molecular weight is 1840 g/mol. The number of rotatable bonds is 50. The van der Waals surface area contributed by atoms with Gasteiger partial charge in [0, 0.05) is 33.9 Å². The average Bonchev–Trinajstić information content (AvgIpc) is 1.62. The number of nitrogens with zero attached hydrogens (tertiary/aromatic N) is 1. The fourth-order valence-corrected chi connectivity index (χ4v) is 12.5. The summed E-state index contributed by atoms with van der Waals surface area (Å²) >= 11 is 6.38. The number of carbonyl (C=O) groups is 2. The number of oxime groups is 1. The number of nitrogens with two attached hydrogens (primary N) is 1. The van der Waals surface area contributed by atoms with Crippen molar-refractivity contribution in [3.8, 4) is 40.2 Å². The third kappa shape index (κ3) is 41.6. The van der Waals surface area contributed by atoms with E-state index in [0.717, 1.165) is 211 Å². The van der Waals surface area contributed by atoms with Crippen molar-refractivity contribution in [2.75, 3.05) is 136 Å². The molecule has 3 saturated heterocycles. The number of ether oxygens (including phenoxy) is 12. The summed E-state index contributed by atoms with van der Waals surface area (Å²) in [5.41, 5.74) is 15.4. The Hall–Kier alpha value is -8.31. The molecule has 3 heterocycles. The van der Waals surface area contributed by atoms with Crippen LogP contribution in [0.5, 0.6) is 40.2 Å². The molecule has 7 N–H and O–H groups in total. The van der Waals surface area contributed by atoms with E-state index in [1.54, 1.807) is 42.5 Å². The SMILES string of the molecule is C=CCOC/C(=N\O)c1ccc(OCCCC)cc1.C=CCOCC(=O)c1ccc(OCCCC)cc1.C=CCOCC(O)c1ccc(OCCCC)cc1.CCCCOc1ccc(C(=O)CBr)cc1.CCCCOc1ccc(C(O)CBr)cc1.CCCCOc1ccc([C@]2(N)COC[C@H]2CO)cc1.CCCCOc1ccc([C@]23COCC2CON3)cc1. The predicted molar refractivity (Wildman–Crippen MR) is 498 cm³/mol. The molecule has 678 valence electrons. The first-order valence-electron chi connectivity index (χ1n) is 43.3. The molecule has 10 rings (SSSR count). The van der Waals surface area contributed by atoms with Crippen molar-refractivity contribution in [2.24, 2.45) is 22.7 Å². The normalized spacial score (nSPS) is 16.4. The molecule has 3 aliphatic heterocycles. The van der Waals surface area contributed by atoms with E-state index in [1.165, 1.54) is 5.56 Å². The molecule has 7 aromatic rings. The number of benzene rings is 7. The Bertz CT molecular complexity index is 3900. The zero-order valence-corrected chi connectivity index (χ0v) is 76.9. The molecule has 24 heteroatoms. The van der Waals surface area contributed by atoms with E-state index in [4.69, 9.17) is 72.6 Å². The Morgan fingerprint density at radius 3 is 1.17 bits per heavy atom.